The molecule has 0 saturated heterocycles. The van der Waals surface area contributed by atoms with Gasteiger partial charge in [-0.05, 0) is 35.8 Å². The Hall–Kier alpha value is -2.83. The number of azo groups is 2. The fraction of sp³-hybridized carbons (Fsp3) is 0.118. The number of nitrogens with zero attached hydrogens (tertiary/aromatic N) is 2. The Morgan fingerprint density at radius 3 is 2.79 bits per heavy atom. The van der Waals surface area contributed by atoms with Crippen LogP contribution in [0.5, 0.6) is 0 Å². The average molecular weight is 331 g/mol. The lowest BCUT2D eigenvalue weighted by Crippen LogP contribution is -2.36. The van der Waals surface area contributed by atoms with E-state index in [0.29, 0.717) is 23.8 Å². The second-order valence-electron chi connectivity index (χ2n) is 5.36. The van der Waals surface area contributed by atoms with Crippen LogP contribution in [-0.2, 0) is 11.2 Å². The summed E-state index contributed by atoms with van der Waals surface area (Å²) in [5, 5.41) is 9.68. The highest BCUT2D eigenvalue weighted by atomic mass is 19.2. The van der Waals surface area contributed by atoms with Crippen LogP contribution in [0.4, 0.5) is 8.78 Å². The number of rotatable bonds is 4. The van der Waals surface area contributed by atoms with Crippen molar-refractivity contribution in [3.63, 3.8) is 0 Å². The highest BCUT2D eigenvalue weighted by Crippen LogP contribution is 2.16. The zero-order valence-corrected chi connectivity index (χ0v) is 12.9. The van der Waals surface area contributed by atoms with Crippen molar-refractivity contribution in [1.82, 2.24) is 10.6 Å². The monoisotopic (exact) mass is 331 g/mol. The van der Waals surface area contributed by atoms with Gasteiger partial charge < -0.3 is 10.6 Å². The summed E-state index contributed by atoms with van der Waals surface area (Å²) in [6.07, 6.45) is 7.78. The standard InChI is InChI=1S/C17H15F2N4O.H2/c1-23-7-6-15(22-23)17(24)21-16-5-3-12(10-20-16)8-11-2-4-13(18)14(19)9-11;/h2-7,9-10,20H,8H2,1H3,(H,21,24);1H/q+1;. The van der Waals surface area contributed by atoms with Gasteiger partial charge >= 0.3 is 0 Å². The normalized spacial score (nSPS) is 17.0. The summed E-state index contributed by atoms with van der Waals surface area (Å²) in [4.78, 5) is 12.0. The number of carbonyl (C=O) groups is 1. The van der Waals surface area contributed by atoms with E-state index in [1.807, 2.05) is 0 Å². The third-order valence-corrected chi connectivity index (χ3v) is 3.46. The molecule has 124 valence electrons. The molecule has 5 nitrogen and oxygen atoms in total. The van der Waals surface area contributed by atoms with E-state index in [9.17, 15) is 13.6 Å². The lowest BCUT2D eigenvalue weighted by molar-refractivity contribution is -0.512. The number of halogens is 2. The van der Waals surface area contributed by atoms with Gasteiger partial charge in [0.15, 0.2) is 30.5 Å². The van der Waals surface area contributed by atoms with Crippen LogP contribution in [0.2, 0.25) is 0 Å². The highest BCUT2D eigenvalue weighted by molar-refractivity contribution is 5.94. The van der Waals surface area contributed by atoms with Crippen LogP contribution < -0.4 is 10.6 Å². The van der Waals surface area contributed by atoms with Crippen molar-refractivity contribution in [1.29, 1.82) is 0 Å². The Morgan fingerprint density at radius 1 is 1.33 bits per heavy atom. The van der Waals surface area contributed by atoms with Crippen LogP contribution in [0.1, 0.15) is 6.99 Å². The Balaban J connectivity index is 0.00000225. The minimum atomic E-state index is -0.865. The number of likely N-dealkylation sites (N-methyl/N-ethyl adjacent to an activating group) is 1. The van der Waals surface area contributed by atoms with Crippen LogP contribution in [-0.4, -0.2) is 17.7 Å². The van der Waals surface area contributed by atoms with Crippen molar-refractivity contribution in [3.05, 3.63) is 83.8 Å². The number of dihydropyridines is 1. The Morgan fingerprint density at radius 2 is 2.17 bits per heavy atom. The van der Waals surface area contributed by atoms with Crippen LogP contribution in [0.3, 0.4) is 0 Å². The van der Waals surface area contributed by atoms with Crippen molar-refractivity contribution >= 4 is 5.91 Å². The van der Waals surface area contributed by atoms with E-state index in [1.54, 1.807) is 42.7 Å². The van der Waals surface area contributed by atoms with E-state index in [2.05, 4.69) is 15.7 Å². The summed E-state index contributed by atoms with van der Waals surface area (Å²) in [7, 11) is 1.73. The van der Waals surface area contributed by atoms with Gasteiger partial charge in [-0.3, -0.25) is 4.79 Å². The molecule has 2 aliphatic rings. The molecule has 7 heteroatoms. The zero-order valence-electron chi connectivity index (χ0n) is 12.9. The lowest BCUT2D eigenvalue weighted by Gasteiger charge is -2.18. The third-order valence-electron chi connectivity index (χ3n) is 3.46. The van der Waals surface area contributed by atoms with Gasteiger partial charge in [-0.25, -0.2) is 8.78 Å². The molecule has 2 N–H and O–H groups in total. The van der Waals surface area contributed by atoms with Crippen LogP contribution >= 0.6 is 0 Å². The van der Waals surface area contributed by atoms with Crippen LogP contribution in [0, 0.1) is 24.3 Å². The molecular weight excluding hydrogens is 314 g/mol. The fourth-order valence-electron chi connectivity index (χ4n) is 2.25. The second-order valence-corrected chi connectivity index (χ2v) is 5.36. The van der Waals surface area contributed by atoms with Gasteiger partial charge in [0, 0.05) is 18.8 Å². The molecule has 2 aliphatic heterocycles. The first-order valence-electron chi connectivity index (χ1n) is 7.27. The highest BCUT2D eigenvalue weighted by Gasteiger charge is 2.22. The zero-order chi connectivity index (χ0) is 17.1. The minimum Gasteiger partial charge on any atom is -0.362 e. The first kappa shape index (κ1) is 16.0. The molecule has 0 aromatic heterocycles. The van der Waals surface area contributed by atoms with E-state index in [1.165, 1.54) is 12.1 Å². The number of carbonyl (C=O) groups excluding carboxylic acids is 1. The molecule has 1 aromatic carbocycles. The number of benzene rings is 1. The minimum absolute atomic E-state index is 0. The van der Waals surface area contributed by atoms with Gasteiger partial charge in [0.2, 0.25) is 0 Å². The summed E-state index contributed by atoms with van der Waals surface area (Å²) in [6, 6.07) is 3.82. The van der Waals surface area contributed by atoms with Gasteiger partial charge in [-0.1, -0.05) is 12.1 Å². The van der Waals surface area contributed by atoms with Gasteiger partial charge in [-0.15, -0.1) is 4.70 Å². The molecular formula is C17H17F2N4O+. The van der Waals surface area contributed by atoms with Gasteiger partial charge in [0.05, 0.1) is 0 Å². The van der Waals surface area contributed by atoms with E-state index in [4.69, 9.17) is 0 Å². The predicted molar refractivity (Wildman–Crippen MR) is 84.9 cm³/mol. The Labute approximate surface area is 139 Å². The summed E-state index contributed by atoms with van der Waals surface area (Å²) >= 11 is 0. The molecule has 0 saturated carbocycles. The Bertz CT molecular complexity index is 802. The molecule has 0 bridgehead atoms. The van der Waals surface area contributed by atoms with E-state index >= 15 is 0 Å². The summed E-state index contributed by atoms with van der Waals surface area (Å²) in [5.74, 6) is -2.05. The molecule has 1 amide bonds. The number of nitrogens with one attached hydrogen (secondary N) is 2. The van der Waals surface area contributed by atoms with Crippen molar-refractivity contribution in [2.75, 3.05) is 7.05 Å². The predicted octanol–water partition coefficient (Wildman–Crippen LogP) is 2.56. The number of hydrogen-bond acceptors (Lipinski definition) is 3. The Kier molecular flexibility index (Phi) is 4.50. The molecule has 0 fully saturated rings. The van der Waals surface area contributed by atoms with Gasteiger partial charge in [0.1, 0.15) is 0 Å². The molecule has 0 spiro atoms. The molecule has 0 aliphatic carbocycles. The van der Waals surface area contributed by atoms with E-state index < -0.39 is 11.6 Å². The van der Waals surface area contributed by atoms with Crippen molar-refractivity contribution in [3.8, 4) is 0 Å². The second kappa shape index (κ2) is 6.74. The number of allylic oxidation sites excluding steroid dienone is 2. The topological polar surface area (TPSA) is 56.5 Å². The quantitative estimate of drug-likeness (QED) is 0.833. The van der Waals surface area contributed by atoms with Gasteiger partial charge in [0.25, 0.3) is 12.5 Å². The maximum atomic E-state index is 13.2. The molecule has 0 atom stereocenters. The lowest BCUT2D eigenvalue weighted by atomic mass is 10.0. The molecule has 3 rings (SSSR count). The molecule has 1 aromatic rings. The third kappa shape index (κ3) is 3.73. The maximum absolute atomic E-state index is 13.2. The molecule has 2 heterocycles. The average Bonchev–Trinajstić information content (AvgIpc) is 2.99. The van der Waals surface area contributed by atoms with Crippen molar-refractivity contribution in [2.24, 2.45) is 5.11 Å². The molecule has 0 unspecified atom stereocenters. The van der Waals surface area contributed by atoms with E-state index in [0.717, 1.165) is 11.6 Å². The van der Waals surface area contributed by atoms with E-state index in [-0.39, 0.29) is 7.33 Å². The molecule has 24 heavy (non-hydrogen) atoms. The summed E-state index contributed by atoms with van der Waals surface area (Å²) < 4.78 is 27.7. The summed E-state index contributed by atoms with van der Waals surface area (Å²) in [5.41, 5.74) is 1.85. The number of hydrogen-bond donors (Lipinski definition) is 2. The smallest absolute Gasteiger partial charge is 0.278 e. The number of amides is 1. The molecule has 2 radical (unpaired) electrons. The van der Waals surface area contributed by atoms with Crippen LogP contribution in [0.25, 0.3) is 0 Å². The maximum Gasteiger partial charge on any atom is 0.278 e. The first-order chi connectivity index (χ1) is 11.5. The fourth-order valence-corrected chi connectivity index (χ4v) is 2.25. The van der Waals surface area contributed by atoms with Gasteiger partial charge in [-0.2, -0.15) is 0 Å². The van der Waals surface area contributed by atoms with Crippen LogP contribution in [0.15, 0.2) is 59.0 Å². The largest absolute Gasteiger partial charge is 0.362 e. The first-order valence-corrected chi connectivity index (χ1v) is 7.27. The van der Waals surface area contributed by atoms with Crippen molar-refractivity contribution in [2.45, 2.75) is 6.42 Å². The summed E-state index contributed by atoms with van der Waals surface area (Å²) in [6.45, 7) is 1.68. The van der Waals surface area contributed by atoms with Crippen molar-refractivity contribution < 1.29 is 19.7 Å². The SMILES string of the molecule is C[N+]1=NC(C(=O)N[C]2C=CC(Cc3ccc(F)c(F)c3)=CN2)=C[CH]1.[HH].